The van der Waals surface area contributed by atoms with E-state index in [2.05, 4.69) is 19.8 Å². The summed E-state index contributed by atoms with van der Waals surface area (Å²) in [6.07, 6.45) is 9.22. The number of rotatable bonds is 6. The summed E-state index contributed by atoms with van der Waals surface area (Å²) < 4.78 is 29.2. The van der Waals surface area contributed by atoms with Crippen molar-refractivity contribution in [1.29, 1.82) is 0 Å². The van der Waals surface area contributed by atoms with Crippen LogP contribution in [0.4, 0.5) is 5.69 Å². The average molecular weight is 407 g/mol. The van der Waals surface area contributed by atoms with E-state index in [0.29, 0.717) is 11.6 Å². The van der Waals surface area contributed by atoms with Gasteiger partial charge in [-0.15, -0.1) is 0 Å². The fraction of sp³-hybridized carbons (Fsp3) is 0.238. The van der Waals surface area contributed by atoms with Crippen LogP contribution in [0.1, 0.15) is 18.4 Å². The number of hydrogen-bond acceptors (Lipinski definition) is 4. The molecule has 1 saturated carbocycles. The normalized spacial score (nSPS) is 14.4. The van der Waals surface area contributed by atoms with E-state index < -0.39 is 10.0 Å². The lowest BCUT2D eigenvalue weighted by Gasteiger charge is -2.06. The largest absolute Gasteiger partial charge is 0.359 e. The third-order valence-corrected chi connectivity index (χ3v) is 6.59. The smallest absolute Gasteiger partial charge is 0.233 e. The Kier molecular flexibility index (Phi) is 4.16. The zero-order valence-electron chi connectivity index (χ0n) is 16.0. The van der Waals surface area contributed by atoms with E-state index in [9.17, 15) is 8.42 Å². The first-order chi connectivity index (χ1) is 14.0. The number of fused-ring (bicyclic) bond motifs is 1. The topological polar surface area (TPSA) is 92.7 Å². The Morgan fingerprint density at radius 2 is 2.03 bits per heavy atom. The van der Waals surface area contributed by atoms with Gasteiger partial charge in [0.2, 0.25) is 10.0 Å². The second-order valence-corrected chi connectivity index (χ2v) is 9.42. The van der Waals surface area contributed by atoms with E-state index in [4.69, 9.17) is 0 Å². The molecule has 1 aromatic carbocycles. The highest BCUT2D eigenvalue weighted by atomic mass is 32.2. The second kappa shape index (κ2) is 6.73. The van der Waals surface area contributed by atoms with Crippen LogP contribution < -0.4 is 4.72 Å². The van der Waals surface area contributed by atoms with Crippen molar-refractivity contribution in [3.8, 4) is 16.9 Å². The van der Waals surface area contributed by atoms with Crippen LogP contribution in [0.2, 0.25) is 0 Å². The van der Waals surface area contributed by atoms with Gasteiger partial charge in [-0.1, -0.05) is 12.1 Å². The van der Waals surface area contributed by atoms with Gasteiger partial charge < -0.3 is 4.98 Å². The SMILES string of the molecule is Cc1ccc(-n2cc(-c3ccc4[nH]cc(NS(=O)(=O)CC5CC5)c4c3)cn2)nc1. The van der Waals surface area contributed by atoms with E-state index in [-0.39, 0.29) is 5.75 Å². The molecule has 29 heavy (non-hydrogen) atoms. The van der Waals surface area contributed by atoms with Crippen molar-refractivity contribution in [2.24, 2.45) is 5.92 Å². The number of aryl methyl sites for hydroxylation is 1. The molecule has 0 spiro atoms. The number of benzene rings is 1. The Bertz CT molecular complexity index is 1280. The fourth-order valence-corrected chi connectivity index (χ4v) is 4.92. The minimum Gasteiger partial charge on any atom is -0.359 e. The third-order valence-electron chi connectivity index (χ3n) is 5.15. The van der Waals surface area contributed by atoms with Crippen LogP contribution in [0.15, 0.2) is 55.1 Å². The minimum atomic E-state index is -3.34. The molecule has 0 atom stereocenters. The van der Waals surface area contributed by atoms with Crippen LogP contribution in [0.3, 0.4) is 0 Å². The molecular weight excluding hydrogens is 386 g/mol. The Hall–Kier alpha value is -3.13. The number of aromatic amines is 1. The quantitative estimate of drug-likeness (QED) is 0.507. The van der Waals surface area contributed by atoms with Gasteiger partial charge in [-0.25, -0.2) is 18.1 Å². The maximum Gasteiger partial charge on any atom is 0.233 e. The van der Waals surface area contributed by atoms with E-state index in [0.717, 1.165) is 46.3 Å². The van der Waals surface area contributed by atoms with Gasteiger partial charge >= 0.3 is 0 Å². The monoisotopic (exact) mass is 407 g/mol. The molecular formula is C21H21N5O2S. The van der Waals surface area contributed by atoms with Crippen LogP contribution >= 0.6 is 0 Å². The molecule has 0 aliphatic heterocycles. The van der Waals surface area contributed by atoms with Crippen LogP contribution in [-0.4, -0.2) is 33.9 Å². The molecule has 0 amide bonds. The van der Waals surface area contributed by atoms with Gasteiger partial charge in [-0.2, -0.15) is 5.10 Å². The van der Waals surface area contributed by atoms with Crippen molar-refractivity contribution >= 4 is 26.6 Å². The van der Waals surface area contributed by atoms with E-state index in [1.807, 2.05) is 49.6 Å². The Balaban J connectivity index is 1.46. The number of nitrogens with zero attached hydrogens (tertiary/aromatic N) is 3. The number of hydrogen-bond donors (Lipinski definition) is 2. The molecule has 1 fully saturated rings. The van der Waals surface area contributed by atoms with Crippen molar-refractivity contribution in [3.63, 3.8) is 0 Å². The molecule has 4 aromatic rings. The highest BCUT2D eigenvalue weighted by Gasteiger charge is 2.28. The van der Waals surface area contributed by atoms with Crippen molar-refractivity contribution in [2.75, 3.05) is 10.5 Å². The first-order valence-corrected chi connectivity index (χ1v) is 11.2. The fourth-order valence-electron chi connectivity index (χ4n) is 3.38. The summed E-state index contributed by atoms with van der Waals surface area (Å²) in [6.45, 7) is 1.99. The number of nitrogens with one attached hydrogen (secondary N) is 2. The highest BCUT2D eigenvalue weighted by molar-refractivity contribution is 7.92. The predicted molar refractivity (Wildman–Crippen MR) is 114 cm³/mol. The molecule has 148 valence electrons. The van der Waals surface area contributed by atoms with Gasteiger partial charge in [0.25, 0.3) is 0 Å². The van der Waals surface area contributed by atoms with Gasteiger partial charge in [0, 0.05) is 35.1 Å². The van der Waals surface area contributed by atoms with Crippen LogP contribution in [0.5, 0.6) is 0 Å². The molecule has 8 heteroatoms. The van der Waals surface area contributed by atoms with E-state index in [1.54, 1.807) is 17.1 Å². The van der Waals surface area contributed by atoms with Crippen LogP contribution in [0, 0.1) is 12.8 Å². The van der Waals surface area contributed by atoms with Gasteiger partial charge in [-0.3, -0.25) is 4.72 Å². The number of anilines is 1. The molecule has 3 heterocycles. The second-order valence-electron chi connectivity index (χ2n) is 7.66. The molecule has 1 aliphatic rings. The molecule has 0 saturated heterocycles. The summed E-state index contributed by atoms with van der Waals surface area (Å²) in [4.78, 5) is 7.54. The Morgan fingerprint density at radius 1 is 1.17 bits per heavy atom. The van der Waals surface area contributed by atoms with E-state index >= 15 is 0 Å². The molecule has 2 N–H and O–H groups in total. The maximum absolute atomic E-state index is 12.4. The number of aromatic nitrogens is 4. The summed E-state index contributed by atoms with van der Waals surface area (Å²) in [5, 5.41) is 5.25. The van der Waals surface area contributed by atoms with Gasteiger partial charge in [0.1, 0.15) is 0 Å². The lowest BCUT2D eigenvalue weighted by atomic mass is 10.1. The maximum atomic E-state index is 12.4. The first-order valence-electron chi connectivity index (χ1n) is 9.56. The van der Waals surface area contributed by atoms with Gasteiger partial charge in [0.15, 0.2) is 5.82 Å². The lowest BCUT2D eigenvalue weighted by Crippen LogP contribution is -2.17. The zero-order chi connectivity index (χ0) is 20.0. The van der Waals surface area contributed by atoms with Crippen molar-refractivity contribution in [2.45, 2.75) is 19.8 Å². The highest BCUT2D eigenvalue weighted by Crippen LogP contribution is 2.33. The van der Waals surface area contributed by atoms with Crippen molar-refractivity contribution in [3.05, 3.63) is 60.7 Å². The molecule has 7 nitrogen and oxygen atoms in total. The summed E-state index contributed by atoms with van der Waals surface area (Å²) in [5.74, 6) is 1.24. The molecule has 3 aromatic heterocycles. The van der Waals surface area contributed by atoms with Gasteiger partial charge in [-0.05, 0) is 55.0 Å². The molecule has 0 radical (unpaired) electrons. The Labute approximate surface area is 168 Å². The molecule has 0 unspecified atom stereocenters. The average Bonchev–Trinajstić information content (AvgIpc) is 3.21. The summed E-state index contributed by atoms with van der Waals surface area (Å²) in [6, 6.07) is 9.84. The zero-order valence-corrected chi connectivity index (χ0v) is 16.8. The molecule has 1 aliphatic carbocycles. The molecule has 5 rings (SSSR count). The van der Waals surface area contributed by atoms with Crippen LogP contribution in [-0.2, 0) is 10.0 Å². The predicted octanol–water partition coefficient (Wildman–Crippen LogP) is 3.88. The van der Waals surface area contributed by atoms with E-state index in [1.165, 1.54) is 0 Å². The number of pyridine rings is 1. The summed E-state index contributed by atoms with van der Waals surface area (Å²) >= 11 is 0. The number of sulfonamides is 1. The van der Waals surface area contributed by atoms with Crippen LogP contribution in [0.25, 0.3) is 27.8 Å². The van der Waals surface area contributed by atoms with Crippen molar-refractivity contribution < 1.29 is 8.42 Å². The minimum absolute atomic E-state index is 0.190. The lowest BCUT2D eigenvalue weighted by molar-refractivity contribution is 0.597. The van der Waals surface area contributed by atoms with Gasteiger partial charge in [0.05, 0.1) is 17.6 Å². The summed E-state index contributed by atoms with van der Waals surface area (Å²) in [5.41, 5.74) is 4.44. The standard InChI is InChI=1S/C21H21N5O2S/c1-14-2-7-21(23-9-14)26-12-17(10-24-26)16-5-6-19-18(8-16)20(11-22-19)25-29(27,28)13-15-3-4-15/h2,5-12,15,22,25H,3-4,13H2,1H3. The Morgan fingerprint density at radius 3 is 2.79 bits per heavy atom. The first kappa shape index (κ1) is 17.9. The summed E-state index contributed by atoms with van der Waals surface area (Å²) in [7, 11) is -3.34. The number of H-pyrrole nitrogens is 1. The molecule has 0 bridgehead atoms. The van der Waals surface area contributed by atoms with Crippen molar-refractivity contribution in [1.82, 2.24) is 19.7 Å². The third kappa shape index (κ3) is 3.75.